The summed E-state index contributed by atoms with van der Waals surface area (Å²) in [6.07, 6.45) is 10.4. The van der Waals surface area contributed by atoms with Crippen LogP contribution in [-0.2, 0) is 38.2 Å². The molecular weight excluding hydrogens is 526 g/mol. The number of unbranched alkanes of at least 4 members (excludes halogenated alkanes) is 8. The Morgan fingerprint density at radius 1 is 0.897 bits per heavy atom. The molecule has 0 spiro atoms. The van der Waals surface area contributed by atoms with Crippen LogP contribution in [0.5, 0.6) is 0 Å². The van der Waals surface area contributed by atoms with E-state index in [1.165, 1.54) is 71.2 Å². The fraction of sp³-hybridized carbons (Fsp3) is 0.821. The first-order valence-corrected chi connectivity index (χ1v) is 15.2. The van der Waals surface area contributed by atoms with Gasteiger partial charge in [-0.2, -0.15) is 11.8 Å². The number of amides is 1. The van der Waals surface area contributed by atoms with Gasteiger partial charge in [0.1, 0.15) is 12.7 Å². The van der Waals surface area contributed by atoms with E-state index in [1.807, 2.05) is 0 Å². The fourth-order valence-electron chi connectivity index (χ4n) is 4.02. The molecule has 0 aliphatic carbocycles. The van der Waals surface area contributed by atoms with Crippen molar-refractivity contribution in [2.45, 2.75) is 110 Å². The molecule has 0 aromatic heterocycles. The van der Waals surface area contributed by atoms with Gasteiger partial charge in [-0.25, -0.2) is 0 Å². The molecule has 11 heteroatoms. The highest BCUT2D eigenvalue weighted by Gasteiger charge is 2.27. The van der Waals surface area contributed by atoms with E-state index in [9.17, 15) is 29.1 Å². The number of ether oxygens (including phenoxy) is 3. The van der Waals surface area contributed by atoms with E-state index in [2.05, 4.69) is 17.0 Å². The van der Waals surface area contributed by atoms with Gasteiger partial charge in [-0.05, 0) is 12.8 Å². The van der Waals surface area contributed by atoms with Gasteiger partial charge in [0, 0.05) is 31.8 Å². The number of aliphatic hydroxyl groups is 1. The lowest BCUT2D eigenvalue weighted by atomic mass is 10.00. The van der Waals surface area contributed by atoms with Gasteiger partial charge in [0.25, 0.3) is 0 Å². The van der Waals surface area contributed by atoms with E-state index in [4.69, 9.17) is 9.47 Å². The fourth-order valence-corrected chi connectivity index (χ4v) is 4.89. The van der Waals surface area contributed by atoms with Gasteiger partial charge in [-0.15, -0.1) is 0 Å². The molecule has 3 atom stereocenters. The Kier molecular flexibility index (Phi) is 22.4. The SMILES string of the molecule is CCCCCCCCCCC[C@@H](CC(=O)OCCSC[C@H](NC(C)=O)C(=O)C[C@@H](CO)C(=O)OC)OC(C)=O. The molecule has 39 heavy (non-hydrogen) atoms. The maximum absolute atomic E-state index is 12.6. The topological polar surface area (TPSA) is 145 Å². The minimum atomic E-state index is -0.995. The summed E-state index contributed by atoms with van der Waals surface area (Å²) in [7, 11) is 1.17. The molecule has 0 saturated carbocycles. The second-order valence-corrected chi connectivity index (χ2v) is 10.8. The summed E-state index contributed by atoms with van der Waals surface area (Å²) in [6.45, 7) is 4.37. The summed E-state index contributed by atoms with van der Waals surface area (Å²) in [4.78, 5) is 59.5. The van der Waals surface area contributed by atoms with Crippen molar-refractivity contribution >= 4 is 41.4 Å². The standard InChI is InChI=1S/C28H49NO9S/c1-5-6-7-8-9-10-11-12-13-14-24(38-22(3)32)18-27(34)37-15-16-39-20-25(29-21(2)31)26(33)17-23(19-30)28(35)36-4/h23-25,30H,5-20H2,1-4H3,(H,29,31)/t23-,24-,25-/m0/s1. The van der Waals surface area contributed by atoms with Crippen molar-refractivity contribution in [1.82, 2.24) is 5.32 Å². The zero-order chi connectivity index (χ0) is 29.5. The molecule has 0 heterocycles. The number of esters is 3. The van der Waals surface area contributed by atoms with E-state index >= 15 is 0 Å². The summed E-state index contributed by atoms with van der Waals surface area (Å²) in [6, 6.07) is -0.855. The molecule has 0 aliphatic rings. The average molecular weight is 576 g/mol. The number of rotatable bonds is 24. The van der Waals surface area contributed by atoms with E-state index in [-0.39, 0.29) is 25.2 Å². The van der Waals surface area contributed by atoms with E-state index in [0.29, 0.717) is 12.2 Å². The number of Topliss-reactive ketones (excluding diaryl/α,β-unsaturated/α-hetero) is 1. The molecule has 1 amide bonds. The summed E-state index contributed by atoms with van der Waals surface area (Å²) in [5.74, 6) is -2.79. The highest BCUT2D eigenvalue weighted by molar-refractivity contribution is 7.99. The Labute approximate surface area is 237 Å². The van der Waals surface area contributed by atoms with E-state index < -0.39 is 54.3 Å². The number of ketones is 1. The number of methoxy groups -OCH3 is 1. The van der Waals surface area contributed by atoms with E-state index in [1.54, 1.807) is 0 Å². The maximum atomic E-state index is 12.6. The minimum absolute atomic E-state index is 0.00958. The Bertz CT molecular complexity index is 732. The molecule has 0 aliphatic heterocycles. The van der Waals surface area contributed by atoms with Crippen LogP contribution in [0, 0.1) is 5.92 Å². The number of carbonyl (C=O) groups excluding carboxylic acids is 5. The average Bonchev–Trinajstić information content (AvgIpc) is 2.88. The van der Waals surface area contributed by atoms with Crippen LogP contribution < -0.4 is 5.32 Å². The normalized spacial score (nSPS) is 13.2. The highest BCUT2D eigenvalue weighted by atomic mass is 32.2. The van der Waals surface area contributed by atoms with Gasteiger partial charge in [0.15, 0.2) is 5.78 Å². The molecule has 0 aromatic carbocycles. The molecule has 0 fully saturated rings. The largest absolute Gasteiger partial charge is 0.469 e. The maximum Gasteiger partial charge on any atom is 0.311 e. The van der Waals surface area contributed by atoms with Crippen molar-refractivity contribution in [3.05, 3.63) is 0 Å². The Morgan fingerprint density at radius 2 is 1.51 bits per heavy atom. The van der Waals surface area contributed by atoms with Crippen LogP contribution in [0.1, 0.15) is 97.8 Å². The van der Waals surface area contributed by atoms with Crippen LogP contribution in [0.3, 0.4) is 0 Å². The van der Waals surface area contributed by atoms with Crippen LogP contribution in [-0.4, -0.2) is 78.7 Å². The first-order chi connectivity index (χ1) is 18.6. The molecule has 0 saturated heterocycles. The number of hydrogen-bond donors (Lipinski definition) is 2. The number of aliphatic hydroxyl groups excluding tert-OH is 1. The van der Waals surface area contributed by atoms with Crippen LogP contribution in [0.15, 0.2) is 0 Å². The van der Waals surface area contributed by atoms with Crippen LogP contribution >= 0.6 is 11.8 Å². The van der Waals surface area contributed by atoms with Gasteiger partial charge in [0.05, 0.1) is 32.1 Å². The summed E-state index contributed by atoms with van der Waals surface area (Å²) < 4.78 is 15.2. The molecular formula is C28H49NO9S. The Hall–Kier alpha value is -2.14. The molecule has 0 rings (SSSR count). The second kappa shape index (κ2) is 23.7. The van der Waals surface area contributed by atoms with Crippen molar-refractivity contribution < 1.29 is 43.3 Å². The predicted molar refractivity (Wildman–Crippen MR) is 150 cm³/mol. The van der Waals surface area contributed by atoms with Crippen LogP contribution in [0.25, 0.3) is 0 Å². The van der Waals surface area contributed by atoms with Crippen molar-refractivity contribution in [3.63, 3.8) is 0 Å². The highest BCUT2D eigenvalue weighted by Crippen LogP contribution is 2.16. The molecule has 0 bridgehead atoms. The van der Waals surface area contributed by atoms with Crippen LogP contribution in [0.4, 0.5) is 0 Å². The first kappa shape index (κ1) is 36.9. The molecule has 226 valence electrons. The van der Waals surface area contributed by atoms with Crippen molar-refractivity contribution in [2.75, 3.05) is 31.8 Å². The quantitative estimate of drug-likeness (QED) is 0.0991. The molecule has 0 aromatic rings. The smallest absolute Gasteiger partial charge is 0.311 e. The summed E-state index contributed by atoms with van der Waals surface area (Å²) in [5, 5.41) is 11.9. The molecule has 2 N–H and O–H groups in total. The Balaban J connectivity index is 4.40. The molecule has 0 radical (unpaired) electrons. The predicted octanol–water partition coefficient (Wildman–Crippen LogP) is 3.75. The van der Waals surface area contributed by atoms with Gasteiger partial charge >= 0.3 is 17.9 Å². The van der Waals surface area contributed by atoms with Crippen molar-refractivity contribution in [1.29, 1.82) is 0 Å². The van der Waals surface area contributed by atoms with Crippen molar-refractivity contribution in [3.8, 4) is 0 Å². The van der Waals surface area contributed by atoms with Gasteiger partial charge in [-0.1, -0.05) is 58.3 Å². The monoisotopic (exact) mass is 575 g/mol. The second-order valence-electron chi connectivity index (χ2n) is 9.67. The van der Waals surface area contributed by atoms with E-state index in [0.717, 1.165) is 19.3 Å². The number of carbonyl (C=O) groups is 5. The third-order valence-electron chi connectivity index (χ3n) is 6.10. The zero-order valence-electron chi connectivity index (χ0n) is 24.2. The summed E-state index contributed by atoms with van der Waals surface area (Å²) in [5.41, 5.74) is 0. The lowest BCUT2D eigenvalue weighted by Crippen LogP contribution is -2.43. The lowest BCUT2D eigenvalue weighted by Gasteiger charge is -2.19. The van der Waals surface area contributed by atoms with Gasteiger partial charge < -0.3 is 24.6 Å². The van der Waals surface area contributed by atoms with Crippen molar-refractivity contribution in [2.24, 2.45) is 5.92 Å². The molecule has 10 nitrogen and oxygen atoms in total. The molecule has 0 unspecified atom stereocenters. The minimum Gasteiger partial charge on any atom is -0.469 e. The number of hydrogen-bond acceptors (Lipinski definition) is 10. The van der Waals surface area contributed by atoms with Gasteiger partial charge in [0.2, 0.25) is 5.91 Å². The Morgan fingerprint density at radius 3 is 2.05 bits per heavy atom. The third-order valence-corrected chi connectivity index (χ3v) is 7.12. The van der Waals surface area contributed by atoms with Gasteiger partial charge in [-0.3, -0.25) is 24.0 Å². The van der Waals surface area contributed by atoms with Crippen LogP contribution in [0.2, 0.25) is 0 Å². The number of thioether (sulfide) groups is 1. The lowest BCUT2D eigenvalue weighted by molar-refractivity contribution is -0.153. The first-order valence-electron chi connectivity index (χ1n) is 14.0. The zero-order valence-corrected chi connectivity index (χ0v) is 25.0. The number of nitrogens with one attached hydrogen (secondary N) is 1. The third kappa shape index (κ3) is 20.4. The summed E-state index contributed by atoms with van der Waals surface area (Å²) >= 11 is 1.30.